The van der Waals surface area contributed by atoms with Crippen LogP contribution in [0.1, 0.15) is 58.3 Å². The Bertz CT molecular complexity index is 1170. The van der Waals surface area contributed by atoms with Crippen LogP contribution < -0.4 is 20.7 Å². The zero-order valence-electron chi connectivity index (χ0n) is 23.7. The molecule has 2 aliphatic rings. The second kappa shape index (κ2) is 14.6. The third kappa shape index (κ3) is 8.29. The van der Waals surface area contributed by atoms with Crippen molar-refractivity contribution in [2.45, 2.75) is 69.9 Å². The number of nitrogens with zero attached hydrogens (tertiary/aromatic N) is 1. The first kappa shape index (κ1) is 30.0. The van der Waals surface area contributed by atoms with Crippen LogP contribution in [0.3, 0.4) is 0 Å². The average molecular weight is 565 g/mol. The van der Waals surface area contributed by atoms with E-state index >= 15 is 0 Å². The van der Waals surface area contributed by atoms with Gasteiger partial charge in [-0.3, -0.25) is 14.4 Å². The zero-order chi connectivity index (χ0) is 29.1. The van der Waals surface area contributed by atoms with Crippen LogP contribution in [-0.2, 0) is 19.1 Å². The first-order chi connectivity index (χ1) is 19.9. The molecule has 1 aliphatic heterocycles. The average Bonchev–Trinajstić information content (AvgIpc) is 3.01. The Labute approximate surface area is 241 Å². The molecule has 0 bridgehead atoms. The van der Waals surface area contributed by atoms with Crippen LogP contribution in [0.4, 0.5) is 10.5 Å². The van der Waals surface area contributed by atoms with Gasteiger partial charge in [-0.15, -0.1) is 0 Å². The fourth-order valence-corrected chi connectivity index (χ4v) is 5.17. The summed E-state index contributed by atoms with van der Waals surface area (Å²) in [5, 5.41) is 8.48. The van der Waals surface area contributed by atoms with Crippen molar-refractivity contribution < 1.29 is 28.7 Å². The van der Waals surface area contributed by atoms with Gasteiger partial charge in [0.15, 0.2) is 0 Å². The third-order valence-corrected chi connectivity index (χ3v) is 7.57. The number of rotatable bonds is 11. The molecule has 1 saturated heterocycles. The highest BCUT2D eigenvalue weighted by atomic mass is 16.5. The lowest BCUT2D eigenvalue weighted by atomic mass is 9.80. The number of hydrogen-bond donors (Lipinski definition) is 3. The molecule has 4 amide bonds. The number of Topliss-reactive ketones (excluding diaryl/α,β-unsaturated/α-hetero) is 1. The molecule has 1 aliphatic carbocycles. The lowest BCUT2D eigenvalue weighted by Gasteiger charge is -2.39. The summed E-state index contributed by atoms with van der Waals surface area (Å²) >= 11 is 0. The molecule has 220 valence electrons. The minimum atomic E-state index is -1.12. The van der Waals surface area contributed by atoms with Gasteiger partial charge in [0.25, 0.3) is 5.91 Å². The van der Waals surface area contributed by atoms with Gasteiger partial charge in [-0.05, 0) is 55.7 Å². The molecule has 2 aromatic carbocycles. The highest BCUT2D eigenvalue weighted by molar-refractivity contribution is 6.42. The summed E-state index contributed by atoms with van der Waals surface area (Å²) in [6, 6.07) is 14.7. The summed E-state index contributed by atoms with van der Waals surface area (Å²) < 4.78 is 11.1. The van der Waals surface area contributed by atoms with Gasteiger partial charge < -0.3 is 30.3 Å². The quantitative estimate of drug-likeness (QED) is 0.347. The maximum absolute atomic E-state index is 13.7. The van der Waals surface area contributed by atoms with E-state index in [-0.39, 0.29) is 6.03 Å². The summed E-state index contributed by atoms with van der Waals surface area (Å²) in [4.78, 5) is 54.7. The fraction of sp³-hybridized carbons (Fsp3) is 0.484. The summed E-state index contributed by atoms with van der Waals surface area (Å²) in [5.74, 6) is -0.667. The van der Waals surface area contributed by atoms with E-state index in [1.807, 2.05) is 37.3 Å². The van der Waals surface area contributed by atoms with Gasteiger partial charge >= 0.3 is 6.03 Å². The van der Waals surface area contributed by atoms with Gasteiger partial charge in [-0.1, -0.05) is 57.2 Å². The van der Waals surface area contributed by atoms with E-state index in [2.05, 4.69) is 16.0 Å². The summed E-state index contributed by atoms with van der Waals surface area (Å²) in [5.41, 5.74) is -0.686. The molecule has 10 nitrogen and oxygen atoms in total. The molecule has 1 heterocycles. The standard InChI is InChI=1S/C31H40N4O6/c1-2-3-12-26(27(36)28(37)32-23-13-15-25(16-14-23)41-24-10-6-4-7-11-24)33-29(38)31(17-8-5-9-18-31)34-30(39)35-19-21-40-22-20-35/h4,6-7,10-11,13-16,26H,2-3,5,8-9,12,17-22H2,1H3,(H,32,37)(H,33,38)(H,34,39). The number of carbonyl (C=O) groups is 4. The Morgan fingerprint density at radius 2 is 1.59 bits per heavy atom. The SMILES string of the molecule is CCCCC(NC(=O)C1(NC(=O)N2CCOCC2)CCCCC1)C(=O)C(=O)Nc1ccc(Oc2ccccc2)cc1. The van der Waals surface area contributed by atoms with Crippen molar-refractivity contribution in [3.63, 3.8) is 0 Å². The van der Waals surface area contributed by atoms with Crippen LogP contribution in [-0.4, -0.2) is 66.4 Å². The first-order valence-corrected chi connectivity index (χ1v) is 14.5. The number of hydrogen-bond acceptors (Lipinski definition) is 6. The second-order valence-electron chi connectivity index (χ2n) is 10.6. The highest BCUT2D eigenvalue weighted by Gasteiger charge is 2.43. The highest BCUT2D eigenvalue weighted by Crippen LogP contribution is 2.29. The van der Waals surface area contributed by atoms with Crippen molar-refractivity contribution in [3.05, 3.63) is 54.6 Å². The minimum absolute atomic E-state index is 0.306. The van der Waals surface area contributed by atoms with Crippen LogP contribution >= 0.6 is 0 Å². The number of anilines is 1. The Hall–Kier alpha value is -3.92. The van der Waals surface area contributed by atoms with Crippen LogP contribution in [0, 0.1) is 0 Å². The van der Waals surface area contributed by atoms with Gasteiger partial charge in [0.2, 0.25) is 11.7 Å². The minimum Gasteiger partial charge on any atom is -0.457 e. The van der Waals surface area contributed by atoms with Gasteiger partial charge in [-0.2, -0.15) is 0 Å². The number of para-hydroxylation sites is 1. The van der Waals surface area contributed by atoms with Crippen LogP contribution in [0.15, 0.2) is 54.6 Å². The molecule has 2 fully saturated rings. The topological polar surface area (TPSA) is 126 Å². The lowest BCUT2D eigenvalue weighted by Crippen LogP contribution is -2.64. The van der Waals surface area contributed by atoms with Crippen molar-refractivity contribution in [2.24, 2.45) is 0 Å². The van der Waals surface area contributed by atoms with Gasteiger partial charge in [0, 0.05) is 18.8 Å². The van der Waals surface area contributed by atoms with Crippen molar-refractivity contribution in [2.75, 3.05) is 31.6 Å². The van der Waals surface area contributed by atoms with Crippen molar-refractivity contribution in [1.82, 2.24) is 15.5 Å². The smallest absolute Gasteiger partial charge is 0.318 e. The first-order valence-electron chi connectivity index (χ1n) is 14.5. The molecule has 41 heavy (non-hydrogen) atoms. The van der Waals surface area contributed by atoms with Crippen LogP contribution in [0.2, 0.25) is 0 Å². The molecule has 3 N–H and O–H groups in total. The normalized spacial score (nSPS) is 17.1. The summed E-state index contributed by atoms with van der Waals surface area (Å²) in [7, 11) is 0. The van der Waals surface area contributed by atoms with Gasteiger partial charge in [0.1, 0.15) is 17.0 Å². The van der Waals surface area contributed by atoms with E-state index < -0.39 is 29.2 Å². The van der Waals surface area contributed by atoms with E-state index in [0.29, 0.717) is 69.2 Å². The van der Waals surface area contributed by atoms with Crippen LogP contribution in [0.5, 0.6) is 11.5 Å². The molecule has 1 atom stereocenters. The Morgan fingerprint density at radius 3 is 2.24 bits per heavy atom. The number of unbranched alkanes of at least 4 members (excludes halogenated alkanes) is 1. The van der Waals surface area contributed by atoms with Crippen molar-refractivity contribution >= 4 is 29.3 Å². The van der Waals surface area contributed by atoms with Crippen molar-refractivity contribution in [3.8, 4) is 11.5 Å². The third-order valence-electron chi connectivity index (χ3n) is 7.57. The predicted octanol–water partition coefficient (Wildman–Crippen LogP) is 4.41. The fourth-order valence-electron chi connectivity index (χ4n) is 5.17. The van der Waals surface area contributed by atoms with Crippen molar-refractivity contribution in [1.29, 1.82) is 0 Å². The molecule has 1 unspecified atom stereocenters. The number of ether oxygens (including phenoxy) is 2. The number of nitrogens with one attached hydrogen (secondary N) is 3. The van der Waals surface area contributed by atoms with E-state index in [0.717, 1.165) is 25.7 Å². The Balaban J connectivity index is 1.41. The molecule has 1 saturated carbocycles. The van der Waals surface area contributed by atoms with Gasteiger partial charge in [0.05, 0.1) is 19.3 Å². The monoisotopic (exact) mass is 564 g/mol. The van der Waals surface area contributed by atoms with E-state index in [1.54, 1.807) is 29.2 Å². The predicted molar refractivity (Wildman–Crippen MR) is 155 cm³/mol. The molecule has 0 aromatic heterocycles. The van der Waals surface area contributed by atoms with Gasteiger partial charge in [-0.25, -0.2) is 4.79 Å². The molecular weight excluding hydrogens is 524 g/mol. The summed E-state index contributed by atoms with van der Waals surface area (Å²) in [6.07, 6.45) is 5.28. The number of urea groups is 1. The number of morpholine rings is 1. The lowest BCUT2D eigenvalue weighted by molar-refractivity contribution is -0.138. The number of benzene rings is 2. The van der Waals surface area contributed by atoms with E-state index in [4.69, 9.17) is 9.47 Å². The number of amides is 4. The number of carbonyl (C=O) groups excluding carboxylic acids is 4. The maximum atomic E-state index is 13.7. The second-order valence-corrected chi connectivity index (χ2v) is 10.6. The summed E-state index contributed by atoms with van der Waals surface area (Å²) in [6.45, 7) is 3.81. The maximum Gasteiger partial charge on any atom is 0.318 e. The molecule has 0 radical (unpaired) electrons. The van der Waals surface area contributed by atoms with Crippen LogP contribution in [0.25, 0.3) is 0 Å². The zero-order valence-corrected chi connectivity index (χ0v) is 23.7. The molecule has 10 heteroatoms. The Morgan fingerprint density at radius 1 is 0.927 bits per heavy atom. The Kier molecular flexibility index (Phi) is 10.7. The molecule has 0 spiro atoms. The van der Waals surface area contributed by atoms with E-state index in [9.17, 15) is 19.2 Å². The number of ketones is 1. The molecular formula is C31H40N4O6. The molecule has 4 rings (SSSR count). The largest absolute Gasteiger partial charge is 0.457 e. The molecule has 2 aromatic rings. The van der Waals surface area contributed by atoms with E-state index in [1.165, 1.54) is 0 Å².